The van der Waals surface area contributed by atoms with Crippen molar-refractivity contribution >= 4 is 17.2 Å². The highest BCUT2D eigenvalue weighted by Crippen LogP contribution is 2.24. The summed E-state index contributed by atoms with van der Waals surface area (Å²) in [6.45, 7) is 5.07. The quantitative estimate of drug-likeness (QED) is 0.671. The molecule has 2 heterocycles. The summed E-state index contributed by atoms with van der Waals surface area (Å²) >= 11 is 1.77. The summed E-state index contributed by atoms with van der Waals surface area (Å²) < 4.78 is 0. The molecule has 2 aromatic rings. The van der Waals surface area contributed by atoms with Crippen LogP contribution >= 0.6 is 11.3 Å². The lowest BCUT2D eigenvalue weighted by Gasteiger charge is -2.40. The molecule has 27 heavy (non-hydrogen) atoms. The molecule has 5 heteroatoms. The van der Waals surface area contributed by atoms with Crippen LogP contribution in [0.2, 0.25) is 0 Å². The number of rotatable bonds is 9. The number of hydrogen-bond donors (Lipinski definition) is 1. The van der Waals surface area contributed by atoms with E-state index < -0.39 is 0 Å². The molecule has 1 fully saturated rings. The minimum atomic E-state index is 0.185. The highest BCUT2D eigenvalue weighted by atomic mass is 32.1. The van der Waals surface area contributed by atoms with Gasteiger partial charge in [0.25, 0.3) is 0 Å². The van der Waals surface area contributed by atoms with Crippen molar-refractivity contribution < 1.29 is 4.79 Å². The van der Waals surface area contributed by atoms with Crippen LogP contribution in [0.4, 0.5) is 0 Å². The van der Waals surface area contributed by atoms with Crippen molar-refractivity contribution in [2.75, 3.05) is 39.8 Å². The molecule has 1 aromatic carbocycles. The first-order chi connectivity index (χ1) is 13.2. The second kappa shape index (κ2) is 10.6. The van der Waals surface area contributed by atoms with Gasteiger partial charge in [-0.3, -0.25) is 9.69 Å². The van der Waals surface area contributed by atoms with E-state index >= 15 is 0 Å². The second-order valence-electron chi connectivity index (χ2n) is 7.36. The molecular weight excluding hydrogens is 354 g/mol. The number of carbonyl (C=O) groups is 1. The minimum absolute atomic E-state index is 0.185. The van der Waals surface area contributed by atoms with E-state index in [0.717, 1.165) is 52.0 Å². The van der Waals surface area contributed by atoms with Crippen LogP contribution in [0.3, 0.4) is 0 Å². The number of likely N-dealkylation sites (N-methyl/N-ethyl adjacent to an activating group) is 1. The van der Waals surface area contributed by atoms with Gasteiger partial charge in [0.1, 0.15) is 0 Å². The summed E-state index contributed by atoms with van der Waals surface area (Å²) in [6, 6.07) is 15.4. The van der Waals surface area contributed by atoms with Gasteiger partial charge >= 0.3 is 0 Å². The third-order valence-electron chi connectivity index (χ3n) is 5.23. The third kappa shape index (κ3) is 6.45. The second-order valence-corrected chi connectivity index (χ2v) is 8.39. The SMILES string of the molecule is CN1CCN(CCCNC(=O)CCCc2cccs2)[C@H](c2ccccc2)C1. The van der Waals surface area contributed by atoms with Crippen LogP contribution in [-0.2, 0) is 11.2 Å². The number of aryl methyl sites for hydroxylation is 1. The molecule has 146 valence electrons. The fourth-order valence-corrected chi connectivity index (χ4v) is 4.44. The van der Waals surface area contributed by atoms with E-state index in [0.29, 0.717) is 12.5 Å². The van der Waals surface area contributed by atoms with Crippen molar-refractivity contribution in [2.24, 2.45) is 0 Å². The first-order valence-corrected chi connectivity index (χ1v) is 10.9. The molecule has 1 atom stereocenters. The molecule has 0 aliphatic carbocycles. The van der Waals surface area contributed by atoms with E-state index in [1.165, 1.54) is 10.4 Å². The Morgan fingerprint density at radius 2 is 2.00 bits per heavy atom. The number of nitrogens with zero attached hydrogens (tertiary/aromatic N) is 2. The number of amides is 1. The highest BCUT2D eigenvalue weighted by molar-refractivity contribution is 7.09. The predicted octanol–water partition coefficient (Wildman–Crippen LogP) is 3.57. The van der Waals surface area contributed by atoms with E-state index in [9.17, 15) is 4.79 Å². The Hall–Kier alpha value is -1.69. The number of nitrogens with one attached hydrogen (secondary N) is 1. The lowest BCUT2D eigenvalue weighted by atomic mass is 10.0. The molecule has 3 rings (SSSR count). The molecule has 0 spiro atoms. The van der Waals surface area contributed by atoms with E-state index in [2.05, 4.69) is 70.0 Å². The van der Waals surface area contributed by atoms with Crippen LogP contribution in [0, 0.1) is 0 Å². The Balaban J connectivity index is 1.36. The molecule has 0 unspecified atom stereocenters. The minimum Gasteiger partial charge on any atom is -0.356 e. The monoisotopic (exact) mass is 385 g/mol. The van der Waals surface area contributed by atoms with Crippen LogP contribution in [0.15, 0.2) is 47.8 Å². The molecule has 0 bridgehead atoms. The number of carbonyl (C=O) groups excluding carboxylic acids is 1. The lowest BCUT2D eigenvalue weighted by molar-refractivity contribution is -0.121. The van der Waals surface area contributed by atoms with E-state index in [4.69, 9.17) is 0 Å². The lowest BCUT2D eigenvalue weighted by Crippen LogP contribution is -2.47. The molecule has 1 aromatic heterocycles. The molecule has 0 radical (unpaired) electrons. The fourth-order valence-electron chi connectivity index (χ4n) is 3.69. The fraction of sp³-hybridized carbons (Fsp3) is 0.500. The zero-order valence-electron chi connectivity index (χ0n) is 16.3. The number of benzene rings is 1. The van der Waals surface area contributed by atoms with Gasteiger partial charge in [0.15, 0.2) is 0 Å². The molecule has 1 amide bonds. The van der Waals surface area contributed by atoms with Gasteiger partial charge in [0.2, 0.25) is 5.91 Å². The zero-order valence-corrected chi connectivity index (χ0v) is 17.1. The first kappa shape index (κ1) is 20.1. The molecule has 1 aliphatic heterocycles. The highest BCUT2D eigenvalue weighted by Gasteiger charge is 2.25. The Labute approximate surface area is 167 Å². The molecule has 1 aliphatic rings. The summed E-state index contributed by atoms with van der Waals surface area (Å²) in [7, 11) is 2.20. The van der Waals surface area contributed by atoms with Gasteiger partial charge in [-0.25, -0.2) is 0 Å². The Morgan fingerprint density at radius 3 is 2.78 bits per heavy atom. The van der Waals surface area contributed by atoms with Crippen LogP contribution < -0.4 is 5.32 Å². The number of thiophene rings is 1. The number of piperazine rings is 1. The van der Waals surface area contributed by atoms with Crippen LogP contribution in [0.1, 0.15) is 35.7 Å². The summed E-state index contributed by atoms with van der Waals surface area (Å²) in [5.41, 5.74) is 1.39. The molecule has 1 N–H and O–H groups in total. The van der Waals surface area contributed by atoms with Crippen molar-refractivity contribution in [2.45, 2.75) is 31.7 Å². The van der Waals surface area contributed by atoms with Crippen LogP contribution in [0.25, 0.3) is 0 Å². The van der Waals surface area contributed by atoms with Crippen LogP contribution in [-0.4, -0.2) is 55.5 Å². The summed E-state index contributed by atoms with van der Waals surface area (Å²) in [5, 5.41) is 5.19. The molecule has 1 saturated heterocycles. The van der Waals surface area contributed by atoms with Crippen molar-refractivity contribution in [3.63, 3.8) is 0 Å². The summed E-state index contributed by atoms with van der Waals surface area (Å²) in [5.74, 6) is 0.185. The van der Waals surface area contributed by atoms with E-state index in [-0.39, 0.29) is 5.91 Å². The van der Waals surface area contributed by atoms with Crippen molar-refractivity contribution in [1.29, 1.82) is 0 Å². The first-order valence-electron chi connectivity index (χ1n) is 9.99. The predicted molar refractivity (Wildman–Crippen MR) is 113 cm³/mol. The standard InChI is InChI=1S/C22H31N3OS/c1-24-15-16-25(21(18-24)19-8-3-2-4-9-19)14-7-13-23-22(26)12-5-10-20-11-6-17-27-20/h2-4,6,8-9,11,17,21H,5,7,10,12-16,18H2,1H3,(H,23,26)/t21-/m0/s1. The smallest absolute Gasteiger partial charge is 0.220 e. The van der Waals surface area contributed by atoms with Crippen molar-refractivity contribution in [1.82, 2.24) is 15.1 Å². The van der Waals surface area contributed by atoms with Crippen LogP contribution in [0.5, 0.6) is 0 Å². The van der Waals surface area contributed by atoms with Gasteiger partial charge in [-0.05, 0) is 43.3 Å². The van der Waals surface area contributed by atoms with E-state index in [1.807, 2.05) is 0 Å². The normalized spacial score (nSPS) is 18.5. The van der Waals surface area contributed by atoms with Gasteiger partial charge < -0.3 is 10.2 Å². The number of hydrogen-bond acceptors (Lipinski definition) is 4. The Bertz CT molecular complexity index is 674. The Morgan fingerprint density at radius 1 is 1.15 bits per heavy atom. The average molecular weight is 386 g/mol. The topological polar surface area (TPSA) is 35.6 Å². The maximum Gasteiger partial charge on any atom is 0.220 e. The van der Waals surface area contributed by atoms with Gasteiger partial charge in [0.05, 0.1) is 0 Å². The maximum atomic E-state index is 12.0. The Kier molecular flexibility index (Phi) is 7.87. The van der Waals surface area contributed by atoms with E-state index in [1.54, 1.807) is 11.3 Å². The molecule has 4 nitrogen and oxygen atoms in total. The van der Waals surface area contributed by atoms with Crippen molar-refractivity contribution in [3.8, 4) is 0 Å². The third-order valence-corrected chi connectivity index (χ3v) is 6.17. The largest absolute Gasteiger partial charge is 0.356 e. The molecule has 0 saturated carbocycles. The summed E-state index contributed by atoms with van der Waals surface area (Å²) in [6.07, 6.45) is 3.56. The van der Waals surface area contributed by atoms with Gasteiger partial charge in [-0.1, -0.05) is 36.4 Å². The zero-order chi connectivity index (χ0) is 18.9. The van der Waals surface area contributed by atoms with Crippen molar-refractivity contribution in [3.05, 3.63) is 58.3 Å². The average Bonchev–Trinajstić information content (AvgIpc) is 3.20. The van der Waals surface area contributed by atoms with Gasteiger partial charge in [-0.15, -0.1) is 11.3 Å². The maximum absolute atomic E-state index is 12.0. The van der Waals surface area contributed by atoms with Gasteiger partial charge in [0, 0.05) is 50.1 Å². The summed E-state index contributed by atoms with van der Waals surface area (Å²) in [4.78, 5) is 18.4. The van der Waals surface area contributed by atoms with Gasteiger partial charge in [-0.2, -0.15) is 0 Å². The molecular formula is C22H31N3OS.